The zero-order valence-corrected chi connectivity index (χ0v) is 12.2. The fourth-order valence-corrected chi connectivity index (χ4v) is 2.91. The highest BCUT2D eigenvalue weighted by Gasteiger charge is 2.23. The van der Waals surface area contributed by atoms with Gasteiger partial charge in [0.2, 0.25) is 5.91 Å². The molecule has 0 saturated carbocycles. The lowest BCUT2D eigenvalue weighted by atomic mass is 10.0. The largest absolute Gasteiger partial charge is 0.337 e. The van der Waals surface area contributed by atoms with Gasteiger partial charge in [0.1, 0.15) is 0 Å². The molecule has 0 aliphatic carbocycles. The van der Waals surface area contributed by atoms with Crippen molar-refractivity contribution in [3.63, 3.8) is 0 Å². The SMILES string of the molecule is CC(=O)N1CCNCC1CCc1cccc(Br)c1. The molecule has 18 heavy (non-hydrogen) atoms. The third-order valence-corrected chi connectivity index (χ3v) is 3.90. The zero-order chi connectivity index (χ0) is 13.0. The first-order chi connectivity index (χ1) is 8.66. The summed E-state index contributed by atoms with van der Waals surface area (Å²) in [7, 11) is 0. The van der Waals surface area contributed by atoms with E-state index in [9.17, 15) is 4.79 Å². The van der Waals surface area contributed by atoms with Crippen LogP contribution in [0.15, 0.2) is 28.7 Å². The summed E-state index contributed by atoms with van der Waals surface area (Å²) in [6, 6.07) is 8.71. The molecular weight excluding hydrogens is 292 g/mol. The molecule has 1 aliphatic rings. The van der Waals surface area contributed by atoms with E-state index in [2.05, 4.69) is 39.4 Å². The molecule has 3 nitrogen and oxygen atoms in total. The van der Waals surface area contributed by atoms with Gasteiger partial charge in [-0.1, -0.05) is 28.1 Å². The van der Waals surface area contributed by atoms with Crippen LogP contribution in [0.25, 0.3) is 0 Å². The second-order valence-electron chi connectivity index (χ2n) is 4.74. The number of amides is 1. The van der Waals surface area contributed by atoms with Crippen LogP contribution in [0.4, 0.5) is 0 Å². The number of carbonyl (C=O) groups is 1. The number of carbonyl (C=O) groups excluding carboxylic acids is 1. The van der Waals surface area contributed by atoms with Gasteiger partial charge in [-0.05, 0) is 30.5 Å². The summed E-state index contributed by atoms with van der Waals surface area (Å²) in [4.78, 5) is 13.6. The average Bonchev–Trinajstić information content (AvgIpc) is 2.37. The maximum absolute atomic E-state index is 11.6. The summed E-state index contributed by atoms with van der Waals surface area (Å²) in [5, 5.41) is 3.36. The van der Waals surface area contributed by atoms with Crippen molar-refractivity contribution in [1.82, 2.24) is 10.2 Å². The Labute approximate surface area is 117 Å². The number of benzene rings is 1. The number of rotatable bonds is 3. The summed E-state index contributed by atoms with van der Waals surface area (Å²) in [5.41, 5.74) is 1.32. The lowest BCUT2D eigenvalue weighted by molar-refractivity contribution is -0.132. The van der Waals surface area contributed by atoms with Crippen molar-refractivity contribution in [2.75, 3.05) is 19.6 Å². The van der Waals surface area contributed by atoms with Crippen molar-refractivity contribution in [2.45, 2.75) is 25.8 Å². The van der Waals surface area contributed by atoms with Gasteiger partial charge in [-0.25, -0.2) is 0 Å². The van der Waals surface area contributed by atoms with Crippen molar-refractivity contribution in [3.8, 4) is 0 Å². The van der Waals surface area contributed by atoms with Crippen LogP contribution >= 0.6 is 15.9 Å². The van der Waals surface area contributed by atoms with Crippen LogP contribution < -0.4 is 5.32 Å². The summed E-state index contributed by atoms with van der Waals surface area (Å²) in [6.45, 7) is 4.32. The first kappa shape index (κ1) is 13.6. The number of aryl methyl sites for hydroxylation is 1. The maximum Gasteiger partial charge on any atom is 0.219 e. The summed E-state index contributed by atoms with van der Waals surface area (Å²) >= 11 is 3.49. The van der Waals surface area contributed by atoms with Crippen LogP contribution in [0.3, 0.4) is 0 Å². The molecule has 1 unspecified atom stereocenters. The average molecular weight is 311 g/mol. The molecule has 1 aromatic rings. The molecule has 4 heteroatoms. The topological polar surface area (TPSA) is 32.3 Å². The standard InChI is InChI=1S/C14H19BrN2O/c1-11(18)17-8-7-16-10-14(17)6-5-12-3-2-4-13(15)9-12/h2-4,9,14,16H,5-8,10H2,1H3. The molecule has 1 amide bonds. The first-order valence-electron chi connectivity index (χ1n) is 6.39. The Morgan fingerprint density at radius 1 is 1.56 bits per heavy atom. The molecule has 1 aromatic carbocycles. The molecule has 98 valence electrons. The molecule has 1 heterocycles. The van der Waals surface area contributed by atoms with Gasteiger partial charge in [-0.2, -0.15) is 0 Å². The van der Waals surface area contributed by atoms with Gasteiger partial charge < -0.3 is 10.2 Å². The number of hydrogen-bond donors (Lipinski definition) is 1. The fraction of sp³-hybridized carbons (Fsp3) is 0.500. The highest BCUT2D eigenvalue weighted by Crippen LogP contribution is 2.16. The minimum Gasteiger partial charge on any atom is -0.337 e. The predicted octanol–water partition coefficient (Wildman–Crippen LogP) is 2.20. The minimum atomic E-state index is 0.191. The predicted molar refractivity (Wildman–Crippen MR) is 76.5 cm³/mol. The zero-order valence-electron chi connectivity index (χ0n) is 10.7. The van der Waals surface area contributed by atoms with Gasteiger partial charge in [-0.15, -0.1) is 0 Å². The van der Waals surface area contributed by atoms with Gasteiger partial charge >= 0.3 is 0 Å². The Bertz CT molecular complexity index is 422. The third-order valence-electron chi connectivity index (χ3n) is 3.41. The molecule has 0 radical (unpaired) electrons. The molecule has 0 aromatic heterocycles. The Morgan fingerprint density at radius 3 is 3.11 bits per heavy atom. The van der Waals surface area contributed by atoms with Crippen molar-refractivity contribution in [3.05, 3.63) is 34.3 Å². The number of nitrogens with one attached hydrogen (secondary N) is 1. The second-order valence-corrected chi connectivity index (χ2v) is 5.65. The second kappa shape index (κ2) is 6.34. The molecule has 1 atom stereocenters. The van der Waals surface area contributed by atoms with E-state index in [1.54, 1.807) is 6.92 Å². The van der Waals surface area contributed by atoms with E-state index in [1.165, 1.54) is 5.56 Å². The Kier molecular flexibility index (Phi) is 4.78. The van der Waals surface area contributed by atoms with Gasteiger partial charge in [0.15, 0.2) is 0 Å². The molecule has 1 fully saturated rings. The number of hydrogen-bond acceptors (Lipinski definition) is 2. The Hall–Kier alpha value is -0.870. The molecule has 2 rings (SSSR count). The lowest BCUT2D eigenvalue weighted by Gasteiger charge is -2.35. The van der Waals surface area contributed by atoms with Gasteiger partial charge in [0.05, 0.1) is 0 Å². The third kappa shape index (κ3) is 3.56. The van der Waals surface area contributed by atoms with Crippen LogP contribution in [0, 0.1) is 0 Å². The number of nitrogens with zero attached hydrogens (tertiary/aromatic N) is 1. The van der Waals surface area contributed by atoms with Gasteiger partial charge in [-0.3, -0.25) is 4.79 Å². The van der Waals surface area contributed by atoms with Crippen LogP contribution in [0.2, 0.25) is 0 Å². The van der Waals surface area contributed by atoms with E-state index >= 15 is 0 Å². The van der Waals surface area contributed by atoms with Crippen LogP contribution in [-0.2, 0) is 11.2 Å². The molecule has 1 aliphatic heterocycles. The van der Waals surface area contributed by atoms with Gasteiger partial charge in [0, 0.05) is 37.1 Å². The lowest BCUT2D eigenvalue weighted by Crippen LogP contribution is -2.53. The number of piperazine rings is 1. The van der Waals surface area contributed by atoms with E-state index in [4.69, 9.17) is 0 Å². The van der Waals surface area contributed by atoms with Gasteiger partial charge in [0.25, 0.3) is 0 Å². The minimum absolute atomic E-state index is 0.191. The van der Waals surface area contributed by atoms with E-state index in [-0.39, 0.29) is 5.91 Å². The van der Waals surface area contributed by atoms with Crippen LogP contribution in [-0.4, -0.2) is 36.5 Å². The molecule has 0 bridgehead atoms. The summed E-state index contributed by atoms with van der Waals surface area (Å²) < 4.78 is 1.12. The molecule has 1 saturated heterocycles. The highest BCUT2D eigenvalue weighted by atomic mass is 79.9. The Balaban J connectivity index is 1.93. The van der Waals surface area contributed by atoms with E-state index < -0.39 is 0 Å². The van der Waals surface area contributed by atoms with Crippen LogP contribution in [0.5, 0.6) is 0 Å². The molecule has 0 spiro atoms. The van der Waals surface area contributed by atoms with Crippen molar-refractivity contribution < 1.29 is 4.79 Å². The van der Waals surface area contributed by atoms with E-state index in [0.717, 1.165) is 36.9 Å². The van der Waals surface area contributed by atoms with E-state index in [0.29, 0.717) is 6.04 Å². The smallest absolute Gasteiger partial charge is 0.219 e. The Morgan fingerprint density at radius 2 is 2.39 bits per heavy atom. The fourth-order valence-electron chi connectivity index (χ4n) is 2.46. The normalized spacial score (nSPS) is 19.9. The van der Waals surface area contributed by atoms with Crippen molar-refractivity contribution >= 4 is 21.8 Å². The highest BCUT2D eigenvalue weighted by molar-refractivity contribution is 9.10. The first-order valence-corrected chi connectivity index (χ1v) is 7.18. The number of halogens is 1. The summed E-state index contributed by atoms with van der Waals surface area (Å²) in [5.74, 6) is 0.191. The molecule has 1 N–H and O–H groups in total. The maximum atomic E-state index is 11.6. The van der Waals surface area contributed by atoms with Crippen molar-refractivity contribution in [1.29, 1.82) is 0 Å². The van der Waals surface area contributed by atoms with Crippen molar-refractivity contribution in [2.24, 2.45) is 0 Å². The molecular formula is C14H19BrN2O. The monoisotopic (exact) mass is 310 g/mol. The van der Waals surface area contributed by atoms with E-state index in [1.807, 2.05) is 11.0 Å². The quantitative estimate of drug-likeness (QED) is 0.928. The van der Waals surface area contributed by atoms with Crippen LogP contribution in [0.1, 0.15) is 18.9 Å². The summed E-state index contributed by atoms with van der Waals surface area (Å²) in [6.07, 6.45) is 2.03.